The van der Waals surface area contributed by atoms with E-state index < -0.39 is 18.3 Å². The largest absolute Gasteiger partial charge is 0.508 e. The van der Waals surface area contributed by atoms with E-state index in [4.69, 9.17) is 18.9 Å². The summed E-state index contributed by atoms with van der Waals surface area (Å²) >= 11 is 0. The fourth-order valence-electron chi connectivity index (χ4n) is 2.92. The average molecular weight is 389 g/mol. The van der Waals surface area contributed by atoms with Crippen molar-refractivity contribution in [2.24, 2.45) is 0 Å². The minimum absolute atomic E-state index is 0.0995. The summed E-state index contributed by atoms with van der Waals surface area (Å²) in [6, 6.07) is 11.3. The van der Waals surface area contributed by atoms with Crippen LogP contribution in [0.1, 0.15) is 25.0 Å². The quantitative estimate of drug-likeness (QED) is 0.636. The van der Waals surface area contributed by atoms with Crippen LogP contribution in [0.2, 0.25) is 0 Å². The molecule has 8 heteroatoms. The Morgan fingerprint density at radius 3 is 2.64 bits per heavy atom. The summed E-state index contributed by atoms with van der Waals surface area (Å²) in [5.74, 6) is 1.25. The van der Waals surface area contributed by atoms with Gasteiger partial charge in [0, 0.05) is 31.4 Å². The van der Waals surface area contributed by atoms with E-state index in [-0.39, 0.29) is 25.6 Å². The maximum absolute atomic E-state index is 12.5. The molecule has 1 amide bonds. The van der Waals surface area contributed by atoms with Gasteiger partial charge >= 0.3 is 6.09 Å². The van der Waals surface area contributed by atoms with Gasteiger partial charge in [0.05, 0.1) is 0 Å². The van der Waals surface area contributed by atoms with Crippen LogP contribution in [-0.4, -0.2) is 42.4 Å². The summed E-state index contributed by atoms with van der Waals surface area (Å²) in [5.41, 5.74) is 1.14. The molecule has 2 aromatic rings. The van der Waals surface area contributed by atoms with Gasteiger partial charge in [0.25, 0.3) is 0 Å². The van der Waals surface area contributed by atoms with Crippen molar-refractivity contribution in [3.05, 3.63) is 48.0 Å². The van der Waals surface area contributed by atoms with Crippen molar-refractivity contribution in [2.75, 3.05) is 25.3 Å². The second-order valence-electron chi connectivity index (χ2n) is 6.12. The Labute approximate surface area is 162 Å². The molecule has 0 spiro atoms. The van der Waals surface area contributed by atoms with E-state index in [1.54, 1.807) is 30.3 Å². The molecule has 1 aliphatic rings. The van der Waals surface area contributed by atoms with Crippen molar-refractivity contribution in [1.82, 2.24) is 0 Å². The van der Waals surface area contributed by atoms with Crippen LogP contribution in [-0.2, 0) is 9.47 Å². The number of phenolic OH excluding ortho intramolecular Hbond substituents is 1. The Morgan fingerprint density at radius 2 is 1.93 bits per heavy atom. The molecular weight excluding hydrogens is 366 g/mol. The van der Waals surface area contributed by atoms with E-state index in [0.717, 1.165) is 0 Å². The van der Waals surface area contributed by atoms with E-state index in [0.29, 0.717) is 29.4 Å². The Balaban J connectivity index is 1.75. The van der Waals surface area contributed by atoms with Gasteiger partial charge in [-0.25, -0.2) is 4.79 Å². The van der Waals surface area contributed by atoms with Gasteiger partial charge in [-0.15, -0.1) is 0 Å². The van der Waals surface area contributed by atoms with Crippen LogP contribution >= 0.6 is 0 Å². The molecule has 2 aromatic carbocycles. The maximum Gasteiger partial charge on any atom is 0.412 e. The zero-order valence-corrected chi connectivity index (χ0v) is 15.5. The molecule has 3 N–H and O–H groups in total. The van der Waals surface area contributed by atoms with Gasteiger partial charge in [-0.2, -0.15) is 0 Å². The van der Waals surface area contributed by atoms with Gasteiger partial charge in [-0.05, 0) is 36.8 Å². The lowest BCUT2D eigenvalue weighted by Gasteiger charge is -2.27. The first-order valence-electron chi connectivity index (χ1n) is 8.99. The Hall–Kier alpha value is -2.97. The topological polar surface area (TPSA) is 106 Å². The molecule has 0 saturated carbocycles. The first kappa shape index (κ1) is 19.8. The molecule has 0 aliphatic carbocycles. The van der Waals surface area contributed by atoms with E-state index in [1.807, 2.05) is 6.92 Å². The van der Waals surface area contributed by atoms with Crippen LogP contribution in [0.5, 0.6) is 17.2 Å². The van der Waals surface area contributed by atoms with Gasteiger partial charge in [0.15, 0.2) is 17.6 Å². The molecule has 0 aromatic heterocycles. The third-order valence-electron chi connectivity index (χ3n) is 4.21. The van der Waals surface area contributed by atoms with Gasteiger partial charge < -0.3 is 29.2 Å². The zero-order chi connectivity index (χ0) is 19.9. The molecular formula is C20H23NO7. The summed E-state index contributed by atoms with van der Waals surface area (Å²) in [6.45, 7) is 2.24. The normalized spacial score (nSPS) is 14.4. The van der Waals surface area contributed by atoms with Gasteiger partial charge in [-0.1, -0.05) is 12.1 Å². The smallest absolute Gasteiger partial charge is 0.412 e. The van der Waals surface area contributed by atoms with E-state index in [1.165, 1.54) is 12.1 Å². The highest BCUT2D eigenvalue weighted by atomic mass is 16.7. The van der Waals surface area contributed by atoms with Crippen LogP contribution in [0.15, 0.2) is 42.5 Å². The van der Waals surface area contributed by atoms with Crippen molar-refractivity contribution < 1.29 is 34.0 Å². The molecule has 8 nitrogen and oxygen atoms in total. The third kappa shape index (κ3) is 4.85. The number of nitrogens with one attached hydrogen (secondary N) is 1. The van der Waals surface area contributed by atoms with Crippen molar-refractivity contribution in [2.45, 2.75) is 25.6 Å². The molecule has 0 radical (unpaired) electrons. The molecule has 0 unspecified atom stereocenters. The number of fused-ring (bicyclic) bond motifs is 1. The molecule has 1 heterocycles. The van der Waals surface area contributed by atoms with Crippen LogP contribution in [0, 0.1) is 0 Å². The number of phenols is 1. The molecule has 1 aliphatic heterocycles. The third-order valence-corrected chi connectivity index (χ3v) is 4.21. The summed E-state index contributed by atoms with van der Waals surface area (Å²) < 4.78 is 21.9. The van der Waals surface area contributed by atoms with Crippen molar-refractivity contribution in [3.63, 3.8) is 0 Å². The maximum atomic E-state index is 12.5. The van der Waals surface area contributed by atoms with E-state index >= 15 is 0 Å². The minimum Gasteiger partial charge on any atom is -0.508 e. The second-order valence-corrected chi connectivity index (χ2v) is 6.12. The first-order valence-corrected chi connectivity index (χ1v) is 8.99. The SMILES string of the molecule is CCO[C@@H](CCO)[C@@H](OC(=O)Nc1ccc2c(c1)OCO2)c1ccc(O)cc1. The van der Waals surface area contributed by atoms with Crippen LogP contribution in [0.3, 0.4) is 0 Å². The van der Waals surface area contributed by atoms with Gasteiger partial charge in [0.2, 0.25) is 6.79 Å². The molecule has 0 saturated heterocycles. The monoisotopic (exact) mass is 389 g/mol. The number of hydrogen-bond donors (Lipinski definition) is 3. The fourth-order valence-corrected chi connectivity index (χ4v) is 2.92. The van der Waals surface area contributed by atoms with Gasteiger partial charge in [0.1, 0.15) is 11.9 Å². The average Bonchev–Trinajstić information content (AvgIpc) is 3.15. The summed E-state index contributed by atoms with van der Waals surface area (Å²) in [6.07, 6.45) is -1.69. The minimum atomic E-state index is -0.762. The molecule has 150 valence electrons. The van der Waals surface area contributed by atoms with Crippen molar-refractivity contribution in [1.29, 1.82) is 0 Å². The number of hydrogen-bond acceptors (Lipinski definition) is 7. The van der Waals surface area contributed by atoms with E-state index in [2.05, 4.69) is 5.32 Å². The Morgan fingerprint density at radius 1 is 1.18 bits per heavy atom. The molecule has 28 heavy (non-hydrogen) atoms. The molecule has 0 bridgehead atoms. The number of carbonyl (C=O) groups excluding carboxylic acids is 1. The molecule has 3 rings (SSSR count). The van der Waals surface area contributed by atoms with Crippen molar-refractivity contribution in [3.8, 4) is 17.2 Å². The lowest BCUT2D eigenvalue weighted by molar-refractivity contribution is -0.0484. The number of anilines is 1. The number of rotatable bonds is 8. The Kier molecular flexibility index (Phi) is 6.57. The number of aromatic hydroxyl groups is 1. The van der Waals surface area contributed by atoms with Crippen molar-refractivity contribution >= 4 is 11.8 Å². The molecule has 0 fully saturated rings. The second kappa shape index (κ2) is 9.29. The number of ether oxygens (including phenoxy) is 4. The first-order chi connectivity index (χ1) is 13.6. The highest BCUT2D eigenvalue weighted by molar-refractivity contribution is 5.85. The van der Waals surface area contributed by atoms with E-state index in [9.17, 15) is 15.0 Å². The van der Waals surface area contributed by atoms with Gasteiger partial charge in [-0.3, -0.25) is 5.32 Å². The lowest BCUT2D eigenvalue weighted by Crippen LogP contribution is -2.29. The van der Waals surface area contributed by atoms with Crippen LogP contribution in [0.4, 0.5) is 10.5 Å². The Bertz CT molecular complexity index is 788. The fraction of sp³-hybridized carbons (Fsp3) is 0.350. The standard InChI is InChI=1S/C20H23NO7/c1-2-25-17(9-10-22)19(13-3-6-15(23)7-4-13)28-20(24)21-14-5-8-16-18(11-14)27-12-26-16/h3-8,11,17,19,22-23H,2,9-10,12H2,1H3,(H,21,24)/t17-,19-/m0/s1. The zero-order valence-electron chi connectivity index (χ0n) is 15.5. The number of aliphatic hydroxyl groups excluding tert-OH is 1. The lowest BCUT2D eigenvalue weighted by atomic mass is 10.0. The molecule has 2 atom stereocenters. The number of amides is 1. The summed E-state index contributed by atoms with van der Waals surface area (Å²) in [7, 11) is 0. The summed E-state index contributed by atoms with van der Waals surface area (Å²) in [4.78, 5) is 12.5. The number of carbonyl (C=O) groups is 1. The highest BCUT2D eigenvalue weighted by Gasteiger charge is 2.28. The van der Waals surface area contributed by atoms with Crippen LogP contribution < -0.4 is 14.8 Å². The number of aliphatic hydroxyl groups is 1. The number of benzene rings is 2. The predicted molar refractivity (Wildman–Crippen MR) is 101 cm³/mol. The highest BCUT2D eigenvalue weighted by Crippen LogP contribution is 2.34. The predicted octanol–water partition coefficient (Wildman–Crippen LogP) is 3.20. The van der Waals surface area contributed by atoms with Crippen LogP contribution in [0.25, 0.3) is 0 Å². The summed E-state index contributed by atoms with van der Waals surface area (Å²) in [5, 5.41) is 21.5.